The second kappa shape index (κ2) is 7.93. The highest BCUT2D eigenvalue weighted by molar-refractivity contribution is 6.33. The fraction of sp³-hybridized carbons (Fsp3) is 0.333. The lowest BCUT2D eigenvalue weighted by Gasteiger charge is -2.17. The number of hydrogen-bond donors (Lipinski definition) is 3. The highest BCUT2D eigenvalue weighted by Crippen LogP contribution is 2.19. The molecule has 1 heterocycles. The number of esters is 1. The van der Waals surface area contributed by atoms with Crippen molar-refractivity contribution in [3.63, 3.8) is 0 Å². The number of aliphatic carboxylic acids is 1. The minimum absolute atomic E-state index is 0.100. The summed E-state index contributed by atoms with van der Waals surface area (Å²) >= 11 is 5.75. The van der Waals surface area contributed by atoms with Gasteiger partial charge in [-0.2, -0.15) is 0 Å². The van der Waals surface area contributed by atoms with Crippen LogP contribution in [0.2, 0.25) is 5.02 Å². The maximum Gasteiger partial charge on any atom is 0.328 e. The largest absolute Gasteiger partial charge is 0.480 e. The van der Waals surface area contributed by atoms with Crippen molar-refractivity contribution in [2.45, 2.75) is 25.0 Å². The summed E-state index contributed by atoms with van der Waals surface area (Å²) in [6.45, 7) is -0.472. The van der Waals surface area contributed by atoms with Crippen molar-refractivity contribution in [1.29, 1.82) is 0 Å². The molecule has 1 unspecified atom stereocenters. The monoisotopic (exact) mass is 372 g/mol. The predicted octanol–water partition coefficient (Wildman–Crippen LogP) is 0.484. The lowest BCUT2D eigenvalue weighted by Crippen LogP contribution is -2.50. The fourth-order valence-corrected chi connectivity index (χ4v) is 2.42. The van der Waals surface area contributed by atoms with Crippen LogP contribution in [-0.4, -0.2) is 47.6 Å². The van der Waals surface area contributed by atoms with Gasteiger partial charge in [0.25, 0.3) is 11.8 Å². The molecule has 0 radical (unpaired) electrons. The van der Waals surface area contributed by atoms with Gasteiger partial charge in [0.2, 0.25) is 0 Å². The number of halogens is 2. The van der Waals surface area contributed by atoms with Gasteiger partial charge in [-0.15, -0.1) is 0 Å². The summed E-state index contributed by atoms with van der Waals surface area (Å²) < 4.78 is 18.4. The first-order valence-electron chi connectivity index (χ1n) is 7.24. The molecule has 10 heteroatoms. The number of amides is 2. The number of nitrogens with one attached hydrogen (secondary N) is 2. The molecule has 3 N–H and O–H groups in total. The van der Waals surface area contributed by atoms with E-state index in [-0.39, 0.29) is 17.9 Å². The molecule has 1 fully saturated rings. The van der Waals surface area contributed by atoms with Crippen LogP contribution < -0.4 is 10.6 Å². The van der Waals surface area contributed by atoms with E-state index in [1.165, 1.54) is 12.1 Å². The first kappa shape index (κ1) is 18.7. The second-order valence-electron chi connectivity index (χ2n) is 5.22. The Morgan fingerprint density at radius 2 is 2.12 bits per heavy atom. The first-order chi connectivity index (χ1) is 11.8. The number of benzene rings is 1. The Morgan fingerprint density at radius 3 is 2.68 bits per heavy atom. The van der Waals surface area contributed by atoms with Crippen molar-refractivity contribution in [2.24, 2.45) is 0 Å². The van der Waals surface area contributed by atoms with Crippen LogP contribution in [0.15, 0.2) is 18.2 Å². The second-order valence-corrected chi connectivity index (χ2v) is 5.63. The van der Waals surface area contributed by atoms with Gasteiger partial charge in [0.05, 0.1) is 10.6 Å². The zero-order chi connectivity index (χ0) is 18.6. The maximum absolute atomic E-state index is 13.7. The molecule has 0 aliphatic carbocycles. The summed E-state index contributed by atoms with van der Waals surface area (Å²) in [4.78, 5) is 46.1. The molecule has 2 atom stereocenters. The van der Waals surface area contributed by atoms with E-state index in [1.54, 1.807) is 0 Å². The summed E-state index contributed by atoms with van der Waals surface area (Å²) in [7, 11) is 0. The average Bonchev–Trinajstić information content (AvgIpc) is 2.97. The van der Waals surface area contributed by atoms with Crippen molar-refractivity contribution in [3.8, 4) is 0 Å². The number of carboxylic acid groups (broad SMARTS) is 1. The Balaban J connectivity index is 1.99. The van der Waals surface area contributed by atoms with Crippen molar-refractivity contribution in [2.75, 3.05) is 6.54 Å². The lowest BCUT2D eigenvalue weighted by atomic mass is 10.1. The van der Waals surface area contributed by atoms with E-state index in [1.807, 2.05) is 0 Å². The molecular weight excluding hydrogens is 359 g/mol. The van der Waals surface area contributed by atoms with Gasteiger partial charge in [-0.1, -0.05) is 17.7 Å². The number of rotatable bonds is 6. The molecule has 1 aliphatic rings. The zero-order valence-corrected chi connectivity index (χ0v) is 13.5. The molecule has 1 saturated heterocycles. The summed E-state index contributed by atoms with van der Waals surface area (Å²) in [6, 6.07) is 2.06. The molecule has 2 amide bonds. The number of carbonyl (C=O) groups is 4. The van der Waals surface area contributed by atoms with Crippen LogP contribution >= 0.6 is 11.6 Å². The Hall–Kier alpha value is -2.68. The van der Waals surface area contributed by atoms with Gasteiger partial charge in [0.1, 0.15) is 11.9 Å². The number of carboxylic acids is 1. The van der Waals surface area contributed by atoms with Gasteiger partial charge in [0.15, 0.2) is 6.10 Å². The number of carbonyl (C=O) groups excluding carboxylic acids is 3. The van der Waals surface area contributed by atoms with Gasteiger partial charge in [-0.25, -0.2) is 9.18 Å². The smallest absolute Gasteiger partial charge is 0.328 e. The molecule has 0 aromatic heterocycles. The Bertz CT molecular complexity index is 706. The average molecular weight is 373 g/mol. The molecule has 1 aromatic rings. The van der Waals surface area contributed by atoms with Crippen molar-refractivity contribution < 1.29 is 33.4 Å². The maximum atomic E-state index is 13.7. The van der Waals surface area contributed by atoms with Gasteiger partial charge < -0.3 is 20.5 Å². The molecule has 134 valence electrons. The molecule has 2 rings (SSSR count). The third-order valence-electron chi connectivity index (χ3n) is 3.45. The fourth-order valence-electron chi connectivity index (χ4n) is 2.17. The molecule has 0 spiro atoms. The minimum Gasteiger partial charge on any atom is -0.480 e. The van der Waals surface area contributed by atoms with Crippen LogP contribution in [0.1, 0.15) is 23.2 Å². The third-order valence-corrected chi connectivity index (χ3v) is 3.77. The van der Waals surface area contributed by atoms with Crippen molar-refractivity contribution in [3.05, 3.63) is 34.6 Å². The molecule has 0 saturated carbocycles. The van der Waals surface area contributed by atoms with E-state index in [0.29, 0.717) is 0 Å². The third kappa shape index (κ3) is 4.66. The highest BCUT2D eigenvalue weighted by Gasteiger charge is 2.31. The van der Waals surface area contributed by atoms with E-state index in [4.69, 9.17) is 21.4 Å². The Labute approximate surface area is 146 Å². The van der Waals surface area contributed by atoms with Crippen LogP contribution in [0.4, 0.5) is 4.39 Å². The SMILES string of the molecule is O=C1CCC(C(=O)NC[C@H](NC(=O)c2c(F)cccc2Cl)C(=O)O)O1. The lowest BCUT2D eigenvalue weighted by molar-refractivity contribution is -0.148. The minimum atomic E-state index is -1.52. The topological polar surface area (TPSA) is 122 Å². The van der Waals surface area contributed by atoms with E-state index < -0.39 is 53.8 Å². The predicted molar refractivity (Wildman–Crippen MR) is 82.4 cm³/mol. The summed E-state index contributed by atoms with van der Waals surface area (Å²) in [5, 5.41) is 13.3. The van der Waals surface area contributed by atoms with Crippen LogP contribution in [0.25, 0.3) is 0 Å². The van der Waals surface area contributed by atoms with Crippen LogP contribution in [0.5, 0.6) is 0 Å². The van der Waals surface area contributed by atoms with Gasteiger partial charge in [-0.3, -0.25) is 14.4 Å². The van der Waals surface area contributed by atoms with Crippen molar-refractivity contribution >= 4 is 35.4 Å². The van der Waals surface area contributed by atoms with Gasteiger partial charge >= 0.3 is 11.9 Å². The summed E-state index contributed by atoms with van der Waals surface area (Å²) in [5.74, 6) is -4.56. The van der Waals surface area contributed by atoms with Gasteiger partial charge in [0, 0.05) is 19.4 Å². The molecule has 8 nitrogen and oxygen atoms in total. The van der Waals surface area contributed by atoms with E-state index >= 15 is 0 Å². The zero-order valence-electron chi connectivity index (χ0n) is 12.8. The molecular formula is C15H14ClFN2O6. The summed E-state index contributed by atoms with van der Waals surface area (Å²) in [5.41, 5.74) is -0.494. The van der Waals surface area contributed by atoms with Crippen LogP contribution in [-0.2, 0) is 19.1 Å². The molecule has 25 heavy (non-hydrogen) atoms. The molecule has 0 bridgehead atoms. The van der Waals surface area contributed by atoms with E-state index in [9.17, 15) is 23.6 Å². The number of ether oxygens (including phenoxy) is 1. The molecule has 1 aliphatic heterocycles. The quantitative estimate of drug-likeness (QED) is 0.624. The number of hydrogen-bond acceptors (Lipinski definition) is 5. The Morgan fingerprint density at radius 1 is 1.40 bits per heavy atom. The van der Waals surface area contributed by atoms with Gasteiger partial charge in [-0.05, 0) is 12.1 Å². The van der Waals surface area contributed by atoms with E-state index in [0.717, 1.165) is 6.07 Å². The highest BCUT2D eigenvalue weighted by atomic mass is 35.5. The standard InChI is InChI=1S/C15H14ClFN2O6/c16-7-2-1-3-8(17)12(7)14(22)19-9(15(23)24)6-18-13(21)10-4-5-11(20)25-10/h1-3,9-10H,4-6H2,(H,18,21)(H,19,22)(H,23,24)/t9-,10?/m0/s1. The van der Waals surface area contributed by atoms with Crippen LogP contribution in [0, 0.1) is 5.82 Å². The normalized spacial score (nSPS) is 17.5. The number of cyclic esters (lactones) is 1. The first-order valence-corrected chi connectivity index (χ1v) is 7.62. The summed E-state index contributed by atoms with van der Waals surface area (Å²) in [6.07, 6.45) is -0.693. The Kier molecular flexibility index (Phi) is 5.92. The molecule has 1 aromatic carbocycles. The van der Waals surface area contributed by atoms with Crippen LogP contribution in [0.3, 0.4) is 0 Å². The van der Waals surface area contributed by atoms with Crippen molar-refractivity contribution in [1.82, 2.24) is 10.6 Å². The van der Waals surface area contributed by atoms with E-state index in [2.05, 4.69) is 10.6 Å².